The summed E-state index contributed by atoms with van der Waals surface area (Å²) in [5, 5.41) is 0. The average molecular weight is 246 g/mol. The molecule has 0 aliphatic rings. The lowest BCUT2D eigenvalue weighted by molar-refractivity contribution is 0.243. The van der Waals surface area contributed by atoms with Gasteiger partial charge in [-0.15, -0.1) is 0 Å². The third-order valence-corrected chi connectivity index (χ3v) is 2.40. The van der Waals surface area contributed by atoms with E-state index < -0.39 is 0 Å². The van der Waals surface area contributed by atoms with Gasteiger partial charge in [-0.1, -0.05) is 24.4 Å². The van der Waals surface area contributed by atoms with Crippen LogP contribution in [0.1, 0.15) is 13.8 Å². The predicted octanol–water partition coefficient (Wildman–Crippen LogP) is 3.59. The second-order valence-corrected chi connectivity index (χ2v) is 4.41. The van der Waals surface area contributed by atoms with Crippen LogP contribution in [0.15, 0.2) is 36.7 Å². The SMILES string of the molecule is CC(C)Oc1ccccc1-c1cncc(=S)[nH]1. The maximum Gasteiger partial charge on any atom is 0.129 e. The van der Waals surface area contributed by atoms with Crippen molar-refractivity contribution in [3.8, 4) is 17.0 Å². The Labute approximate surface area is 105 Å². The van der Waals surface area contributed by atoms with Crippen molar-refractivity contribution in [2.45, 2.75) is 20.0 Å². The van der Waals surface area contributed by atoms with Crippen LogP contribution in [0.5, 0.6) is 5.75 Å². The Balaban J connectivity index is 2.48. The first-order valence-electron chi connectivity index (χ1n) is 5.47. The van der Waals surface area contributed by atoms with Crippen LogP contribution in [0.2, 0.25) is 0 Å². The quantitative estimate of drug-likeness (QED) is 0.841. The highest BCUT2D eigenvalue weighted by Crippen LogP contribution is 2.28. The van der Waals surface area contributed by atoms with Gasteiger partial charge in [0.05, 0.1) is 24.2 Å². The van der Waals surface area contributed by atoms with Gasteiger partial charge in [0, 0.05) is 5.56 Å². The van der Waals surface area contributed by atoms with Crippen molar-refractivity contribution < 1.29 is 4.74 Å². The summed E-state index contributed by atoms with van der Waals surface area (Å²) in [5.74, 6) is 0.834. The van der Waals surface area contributed by atoms with Gasteiger partial charge in [0.2, 0.25) is 0 Å². The third-order valence-electron chi connectivity index (χ3n) is 2.19. The molecule has 1 N–H and O–H groups in total. The van der Waals surface area contributed by atoms with E-state index in [1.54, 1.807) is 12.4 Å². The van der Waals surface area contributed by atoms with Gasteiger partial charge < -0.3 is 9.72 Å². The predicted molar refractivity (Wildman–Crippen MR) is 70.6 cm³/mol. The van der Waals surface area contributed by atoms with Gasteiger partial charge in [0.25, 0.3) is 0 Å². The molecule has 0 amide bonds. The zero-order valence-corrected chi connectivity index (χ0v) is 10.6. The van der Waals surface area contributed by atoms with Crippen molar-refractivity contribution >= 4 is 12.2 Å². The minimum Gasteiger partial charge on any atom is -0.490 e. The number of rotatable bonds is 3. The summed E-state index contributed by atoms with van der Waals surface area (Å²) in [4.78, 5) is 7.20. The van der Waals surface area contributed by atoms with Crippen LogP contribution in [0.3, 0.4) is 0 Å². The van der Waals surface area contributed by atoms with Gasteiger partial charge in [-0.05, 0) is 26.0 Å². The molecule has 0 saturated carbocycles. The Bertz CT molecular complexity index is 563. The lowest BCUT2D eigenvalue weighted by Crippen LogP contribution is -2.06. The van der Waals surface area contributed by atoms with Crippen molar-refractivity contribution in [3.05, 3.63) is 41.3 Å². The van der Waals surface area contributed by atoms with Crippen molar-refractivity contribution in [2.75, 3.05) is 0 Å². The fourth-order valence-corrected chi connectivity index (χ4v) is 1.73. The second kappa shape index (κ2) is 5.10. The molecule has 0 saturated heterocycles. The van der Waals surface area contributed by atoms with E-state index in [0.717, 1.165) is 17.0 Å². The van der Waals surface area contributed by atoms with Crippen LogP contribution in [-0.2, 0) is 0 Å². The van der Waals surface area contributed by atoms with Crippen LogP contribution in [-0.4, -0.2) is 16.1 Å². The van der Waals surface area contributed by atoms with Crippen LogP contribution in [0.25, 0.3) is 11.3 Å². The smallest absolute Gasteiger partial charge is 0.129 e. The number of para-hydroxylation sites is 1. The van der Waals surface area contributed by atoms with Gasteiger partial charge in [0.15, 0.2) is 0 Å². The largest absolute Gasteiger partial charge is 0.490 e. The number of aromatic nitrogens is 2. The number of H-pyrrole nitrogens is 1. The standard InChI is InChI=1S/C13H14N2OS/c1-9(2)16-12-6-4-3-5-10(12)11-7-14-8-13(17)15-11/h3-9H,1-2H3,(H,15,17). The molecule has 2 rings (SSSR count). The van der Waals surface area contributed by atoms with Gasteiger partial charge in [0.1, 0.15) is 10.4 Å². The molecule has 0 aliphatic carbocycles. The Morgan fingerprint density at radius 3 is 2.71 bits per heavy atom. The number of nitrogens with zero attached hydrogens (tertiary/aromatic N) is 1. The Morgan fingerprint density at radius 1 is 1.24 bits per heavy atom. The van der Waals surface area contributed by atoms with Crippen molar-refractivity contribution in [2.24, 2.45) is 0 Å². The molecule has 1 aromatic heterocycles. The molecule has 0 radical (unpaired) electrons. The van der Waals surface area contributed by atoms with E-state index in [1.807, 2.05) is 38.1 Å². The fraction of sp³-hybridized carbons (Fsp3) is 0.231. The molecule has 88 valence electrons. The van der Waals surface area contributed by atoms with Crippen molar-refractivity contribution in [1.82, 2.24) is 9.97 Å². The lowest BCUT2D eigenvalue weighted by atomic mass is 10.1. The zero-order valence-electron chi connectivity index (χ0n) is 9.81. The minimum atomic E-state index is 0.135. The molecule has 1 aromatic carbocycles. The summed E-state index contributed by atoms with van der Waals surface area (Å²) >= 11 is 5.07. The molecule has 1 heterocycles. The number of aromatic amines is 1. The van der Waals surface area contributed by atoms with E-state index in [1.165, 1.54) is 0 Å². The molecule has 0 unspecified atom stereocenters. The molecular weight excluding hydrogens is 232 g/mol. The molecule has 0 spiro atoms. The first-order valence-corrected chi connectivity index (χ1v) is 5.88. The van der Waals surface area contributed by atoms with E-state index in [0.29, 0.717) is 4.64 Å². The maximum absolute atomic E-state index is 5.76. The molecule has 3 nitrogen and oxygen atoms in total. The van der Waals surface area contributed by atoms with Crippen LogP contribution >= 0.6 is 12.2 Å². The van der Waals surface area contributed by atoms with Crippen LogP contribution in [0.4, 0.5) is 0 Å². The normalized spacial score (nSPS) is 10.5. The fourth-order valence-electron chi connectivity index (χ4n) is 1.56. The second-order valence-electron chi connectivity index (χ2n) is 3.97. The Morgan fingerprint density at radius 2 is 2.00 bits per heavy atom. The molecule has 17 heavy (non-hydrogen) atoms. The highest BCUT2D eigenvalue weighted by molar-refractivity contribution is 7.71. The number of hydrogen-bond donors (Lipinski definition) is 1. The Kier molecular flexibility index (Phi) is 3.54. The maximum atomic E-state index is 5.76. The average Bonchev–Trinajstić information content (AvgIpc) is 2.29. The topological polar surface area (TPSA) is 37.9 Å². The molecule has 0 fully saturated rings. The number of benzene rings is 1. The molecular formula is C13H14N2OS. The summed E-state index contributed by atoms with van der Waals surface area (Å²) in [5.41, 5.74) is 1.84. The Hall–Kier alpha value is -1.68. The van der Waals surface area contributed by atoms with Crippen LogP contribution in [0, 0.1) is 4.64 Å². The first kappa shape index (κ1) is 11.8. The van der Waals surface area contributed by atoms with E-state index in [-0.39, 0.29) is 6.10 Å². The summed E-state index contributed by atoms with van der Waals surface area (Å²) in [6.07, 6.45) is 3.50. The summed E-state index contributed by atoms with van der Waals surface area (Å²) in [6.45, 7) is 4.00. The van der Waals surface area contributed by atoms with Crippen molar-refractivity contribution in [3.63, 3.8) is 0 Å². The zero-order chi connectivity index (χ0) is 12.3. The first-order chi connectivity index (χ1) is 8.16. The van der Waals surface area contributed by atoms with Gasteiger partial charge in [-0.25, -0.2) is 0 Å². The third kappa shape index (κ3) is 2.91. The number of nitrogens with one attached hydrogen (secondary N) is 1. The summed E-state index contributed by atoms with van der Waals surface area (Å²) < 4.78 is 6.37. The molecule has 0 atom stereocenters. The highest BCUT2D eigenvalue weighted by Gasteiger charge is 2.07. The highest BCUT2D eigenvalue weighted by atomic mass is 32.1. The monoisotopic (exact) mass is 246 g/mol. The van der Waals surface area contributed by atoms with Gasteiger partial charge in [-0.3, -0.25) is 4.98 Å². The summed E-state index contributed by atoms with van der Waals surface area (Å²) in [7, 11) is 0. The van der Waals surface area contributed by atoms with E-state index in [9.17, 15) is 0 Å². The molecule has 0 aliphatic heterocycles. The number of hydrogen-bond acceptors (Lipinski definition) is 3. The minimum absolute atomic E-state index is 0.135. The van der Waals surface area contributed by atoms with Gasteiger partial charge >= 0.3 is 0 Å². The van der Waals surface area contributed by atoms with E-state index in [4.69, 9.17) is 17.0 Å². The van der Waals surface area contributed by atoms with Crippen molar-refractivity contribution in [1.29, 1.82) is 0 Å². The molecule has 0 bridgehead atoms. The van der Waals surface area contributed by atoms with E-state index in [2.05, 4.69) is 9.97 Å². The van der Waals surface area contributed by atoms with Gasteiger partial charge in [-0.2, -0.15) is 0 Å². The number of ether oxygens (including phenoxy) is 1. The molecule has 4 heteroatoms. The van der Waals surface area contributed by atoms with E-state index >= 15 is 0 Å². The van der Waals surface area contributed by atoms with Crippen LogP contribution < -0.4 is 4.74 Å². The summed E-state index contributed by atoms with van der Waals surface area (Å²) in [6, 6.07) is 7.85. The molecule has 2 aromatic rings. The lowest BCUT2D eigenvalue weighted by Gasteiger charge is -2.13.